The van der Waals surface area contributed by atoms with Gasteiger partial charge in [0.2, 0.25) is 5.91 Å². The number of nitrogens with zero attached hydrogens (tertiary/aromatic N) is 2. The molecule has 1 unspecified atom stereocenters. The van der Waals surface area contributed by atoms with Crippen molar-refractivity contribution in [3.63, 3.8) is 0 Å². The number of rotatable bonds is 5. The first-order valence-electron chi connectivity index (χ1n) is 10.4. The summed E-state index contributed by atoms with van der Waals surface area (Å²) < 4.78 is 0. The van der Waals surface area contributed by atoms with Crippen LogP contribution in [0.25, 0.3) is 0 Å². The van der Waals surface area contributed by atoms with Crippen LogP contribution in [-0.2, 0) is 16.8 Å². The molecule has 0 spiro atoms. The molecule has 0 saturated carbocycles. The molecule has 31 heavy (non-hydrogen) atoms. The van der Waals surface area contributed by atoms with Gasteiger partial charge in [0.25, 0.3) is 0 Å². The summed E-state index contributed by atoms with van der Waals surface area (Å²) in [5.74, 6) is 0.105. The predicted octanol–water partition coefficient (Wildman–Crippen LogP) is 5.18. The van der Waals surface area contributed by atoms with Gasteiger partial charge in [-0.15, -0.1) is 11.3 Å². The van der Waals surface area contributed by atoms with E-state index < -0.39 is 0 Å². The molecule has 1 saturated heterocycles. The maximum Gasteiger partial charge on any atom is 0.323 e. The van der Waals surface area contributed by atoms with E-state index in [-0.39, 0.29) is 17.5 Å². The van der Waals surface area contributed by atoms with Crippen molar-refractivity contribution >= 4 is 34.6 Å². The maximum atomic E-state index is 13.0. The number of nitrogens with one attached hydrogen (secondary N) is 2. The minimum absolute atomic E-state index is 0.105. The molecule has 1 aliphatic rings. The highest BCUT2D eigenvalue weighted by Crippen LogP contribution is 2.39. The summed E-state index contributed by atoms with van der Waals surface area (Å²) in [4.78, 5) is 31.7. The highest BCUT2D eigenvalue weighted by molar-refractivity contribution is 7.09. The van der Waals surface area contributed by atoms with E-state index in [2.05, 4.69) is 22.5 Å². The number of amides is 3. The van der Waals surface area contributed by atoms with Crippen molar-refractivity contribution in [1.82, 2.24) is 9.88 Å². The minimum Gasteiger partial charge on any atom is -0.331 e. The van der Waals surface area contributed by atoms with Crippen LogP contribution in [0.2, 0.25) is 0 Å². The third kappa shape index (κ3) is 4.61. The van der Waals surface area contributed by atoms with E-state index in [0.29, 0.717) is 12.1 Å². The summed E-state index contributed by atoms with van der Waals surface area (Å²) >= 11 is 1.60. The molecule has 1 atom stereocenters. The van der Waals surface area contributed by atoms with E-state index in [9.17, 15) is 9.59 Å². The van der Waals surface area contributed by atoms with Gasteiger partial charge in [-0.1, -0.05) is 30.3 Å². The maximum absolute atomic E-state index is 13.0. The lowest BCUT2D eigenvalue weighted by Crippen LogP contribution is -2.43. The Morgan fingerprint density at radius 2 is 1.90 bits per heavy atom. The van der Waals surface area contributed by atoms with Gasteiger partial charge in [-0.2, -0.15) is 0 Å². The van der Waals surface area contributed by atoms with Crippen molar-refractivity contribution in [3.05, 3.63) is 76.2 Å². The van der Waals surface area contributed by atoms with Crippen LogP contribution in [-0.4, -0.2) is 28.4 Å². The normalized spacial score (nSPS) is 18.1. The summed E-state index contributed by atoms with van der Waals surface area (Å²) in [6, 6.07) is 14.7. The third-order valence-corrected chi connectivity index (χ3v) is 6.82. The highest BCUT2D eigenvalue weighted by Gasteiger charge is 2.42. The molecule has 2 N–H and O–H groups in total. The van der Waals surface area contributed by atoms with E-state index >= 15 is 0 Å². The Kier molecular flexibility index (Phi) is 6.04. The Labute approximate surface area is 186 Å². The summed E-state index contributed by atoms with van der Waals surface area (Å²) in [6.07, 6.45) is 4.05. The number of para-hydroxylation sites is 1. The molecule has 0 radical (unpaired) electrons. The summed E-state index contributed by atoms with van der Waals surface area (Å²) in [5, 5.41) is 8.64. The van der Waals surface area contributed by atoms with Crippen molar-refractivity contribution in [2.45, 2.75) is 38.6 Å². The molecule has 3 aromatic rings. The molecule has 2 heterocycles. The number of hydrogen-bond donors (Lipinski definition) is 2. The number of benzene rings is 2. The first kappa shape index (κ1) is 21.1. The lowest BCUT2D eigenvalue weighted by atomic mass is 9.99. The fourth-order valence-corrected chi connectivity index (χ4v) is 4.89. The Hall–Kier alpha value is -3.19. The molecular formula is C24H26N4O2S. The molecule has 160 valence electrons. The number of aryl methyl sites for hydroxylation is 1. The second kappa shape index (κ2) is 8.89. The van der Waals surface area contributed by atoms with Crippen molar-refractivity contribution in [1.29, 1.82) is 0 Å². The third-order valence-electron chi connectivity index (χ3n) is 5.80. The minimum atomic E-state index is -0.319. The number of hydrogen-bond acceptors (Lipinski definition) is 4. The standard InChI is InChI=1S/C24H26N4O2S/c1-17-6-3-4-7-20(17)27-23(30)26-19-10-8-18(9-11-19)16-21(29)28-14-5-12-24(28,2)22-25-13-15-31-22/h3-4,6-11,13,15H,5,12,14,16H2,1-2H3,(H2,26,27,30). The van der Waals surface area contributed by atoms with Gasteiger partial charge >= 0.3 is 6.03 Å². The fourth-order valence-electron chi connectivity index (χ4n) is 4.05. The lowest BCUT2D eigenvalue weighted by molar-refractivity contribution is -0.134. The van der Waals surface area contributed by atoms with Crippen molar-refractivity contribution in [2.75, 3.05) is 17.2 Å². The molecule has 1 fully saturated rings. The molecule has 6 nitrogen and oxygen atoms in total. The van der Waals surface area contributed by atoms with Crippen LogP contribution in [0, 0.1) is 6.92 Å². The number of carbonyl (C=O) groups is 2. The predicted molar refractivity (Wildman–Crippen MR) is 124 cm³/mol. The summed E-state index contributed by atoms with van der Waals surface area (Å²) in [5.41, 5.74) is 3.05. The van der Waals surface area contributed by atoms with Crippen LogP contribution in [0.15, 0.2) is 60.1 Å². The lowest BCUT2D eigenvalue weighted by Gasteiger charge is -2.33. The van der Waals surface area contributed by atoms with E-state index in [1.165, 1.54) is 0 Å². The molecule has 4 rings (SSSR count). The van der Waals surface area contributed by atoms with E-state index in [0.717, 1.165) is 41.2 Å². The fraction of sp³-hybridized carbons (Fsp3) is 0.292. The SMILES string of the molecule is Cc1ccccc1NC(=O)Nc1ccc(CC(=O)N2CCCC2(C)c2nccs2)cc1. The van der Waals surface area contributed by atoms with Crippen LogP contribution in [0.1, 0.15) is 35.9 Å². The zero-order chi connectivity index (χ0) is 21.8. The van der Waals surface area contributed by atoms with Gasteiger partial charge in [0.15, 0.2) is 0 Å². The van der Waals surface area contributed by atoms with Crippen LogP contribution in [0.3, 0.4) is 0 Å². The summed E-state index contributed by atoms with van der Waals surface area (Å²) in [7, 11) is 0. The number of aromatic nitrogens is 1. The van der Waals surface area contributed by atoms with Gasteiger partial charge in [0, 0.05) is 29.5 Å². The molecular weight excluding hydrogens is 408 g/mol. The molecule has 0 aliphatic carbocycles. The molecule has 7 heteroatoms. The van der Waals surface area contributed by atoms with Gasteiger partial charge in [-0.25, -0.2) is 9.78 Å². The van der Waals surface area contributed by atoms with Crippen LogP contribution >= 0.6 is 11.3 Å². The van der Waals surface area contributed by atoms with Crippen LogP contribution in [0.4, 0.5) is 16.2 Å². The largest absolute Gasteiger partial charge is 0.331 e. The van der Waals surface area contributed by atoms with Gasteiger partial charge in [0.05, 0.1) is 12.0 Å². The van der Waals surface area contributed by atoms with Gasteiger partial charge in [0.1, 0.15) is 5.01 Å². The number of likely N-dealkylation sites (tertiary alicyclic amines) is 1. The Balaban J connectivity index is 1.37. The number of carbonyl (C=O) groups excluding carboxylic acids is 2. The molecule has 2 aromatic carbocycles. The van der Waals surface area contributed by atoms with E-state index in [4.69, 9.17) is 0 Å². The van der Waals surface area contributed by atoms with Crippen LogP contribution in [0.5, 0.6) is 0 Å². The number of anilines is 2. The van der Waals surface area contributed by atoms with Crippen molar-refractivity contribution < 1.29 is 9.59 Å². The average Bonchev–Trinajstić information content (AvgIpc) is 3.42. The number of urea groups is 1. The van der Waals surface area contributed by atoms with Crippen LogP contribution < -0.4 is 10.6 Å². The van der Waals surface area contributed by atoms with E-state index in [1.54, 1.807) is 17.5 Å². The smallest absolute Gasteiger partial charge is 0.323 e. The first-order valence-corrected chi connectivity index (χ1v) is 11.3. The zero-order valence-corrected chi connectivity index (χ0v) is 18.5. The van der Waals surface area contributed by atoms with Gasteiger partial charge in [-0.05, 0) is 56.0 Å². The quantitative estimate of drug-likeness (QED) is 0.581. The monoisotopic (exact) mass is 434 g/mol. The first-order chi connectivity index (χ1) is 15.0. The van der Waals surface area contributed by atoms with Crippen molar-refractivity contribution in [3.8, 4) is 0 Å². The Morgan fingerprint density at radius 3 is 2.61 bits per heavy atom. The zero-order valence-electron chi connectivity index (χ0n) is 17.7. The highest BCUT2D eigenvalue weighted by atomic mass is 32.1. The number of thiazole rings is 1. The Bertz CT molecular complexity index is 1070. The van der Waals surface area contributed by atoms with Gasteiger partial charge < -0.3 is 15.5 Å². The molecule has 3 amide bonds. The average molecular weight is 435 g/mol. The Morgan fingerprint density at radius 1 is 1.13 bits per heavy atom. The van der Waals surface area contributed by atoms with Crippen molar-refractivity contribution in [2.24, 2.45) is 0 Å². The molecule has 1 aromatic heterocycles. The second-order valence-corrected chi connectivity index (χ2v) is 8.92. The second-order valence-electron chi connectivity index (χ2n) is 8.03. The van der Waals surface area contributed by atoms with E-state index in [1.807, 2.05) is 65.7 Å². The molecule has 0 bridgehead atoms. The topological polar surface area (TPSA) is 74.3 Å². The summed E-state index contributed by atoms with van der Waals surface area (Å²) in [6.45, 7) is 4.81. The molecule has 1 aliphatic heterocycles. The van der Waals surface area contributed by atoms with Gasteiger partial charge in [-0.3, -0.25) is 4.79 Å².